The van der Waals surface area contributed by atoms with Crippen molar-refractivity contribution in [1.82, 2.24) is 0 Å². The van der Waals surface area contributed by atoms with Crippen LogP contribution in [0.2, 0.25) is 0 Å². The first-order valence-electron chi connectivity index (χ1n) is 7.19. The van der Waals surface area contributed by atoms with Gasteiger partial charge in [-0.1, -0.05) is 0 Å². The minimum atomic E-state index is -1.95. The van der Waals surface area contributed by atoms with Crippen LogP contribution >= 0.6 is 9.30 Å². The minimum absolute atomic E-state index is 0.150. The van der Waals surface area contributed by atoms with Crippen LogP contribution in [-0.2, 0) is 18.1 Å². The first kappa shape index (κ1) is 24.8. The Balaban J connectivity index is 5.02. The molecule has 134 valence electrons. The second kappa shape index (κ2) is 11.5. The molecule has 22 heavy (non-hydrogen) atoms. The fourth-order valence-electron chi connectivity index (χ4n) is 1.23. The molecule has 10 heteroatoms. The van der Waals surface area contributed by atoms with Crippen molar-refractivity contribution < 1.29 is 18.1 Å². The SMILES string of the molecule is CC(C)OP(=[Se])(OC(C)C)[Se][Se]P(=[Se])(OC(C)C)OC(C)C. The topological polar surface area (TPSA) is 36.9 Å². The Morgan fingerprint density at radius 3 is 0.864 bits per heavy atom. The third-order valence-electron chi connectivity index (χ3n) is 1.58. The van der Waals surface area contributed by atoms with E-state index in [2.05, 4.69) is 85.6 Å². The molecule has 0 aliphatic heterocycles. The summed E-state index contributed by atoms with van der Waals surface area (Å²) >= 11 is 6.85. The summed E-state index contributed by atoms with van der Waals surface area (Å²) in [5, 5.41) is 0. The van der Waals surface area contributed by atoms with E-state index in [4.69, 9.17) is 18.1 Å². The van der Waals surface area contributed by atoms with Crippen LogP contribution < -0.4 is 0 Å². The van der Waals surface area contributed by atoms with Gasteiger partial charge in [-0.25, -0.2) is 0 Å². The van der Waals surface area contributed by atoms with E-state index in [0.717, 1.165) is 0 Å². The fraction of sp³-hybridized carbons (Fsp3) is 1.00. The van der Waals surface area contributed by atoms with E-state index in [9.17, 15) is 0 Å². The van der Waals surface area contributed by atoms with Crippen molar-refractivity contribution in [1.29, 1.82) is 0 Å². The maximum atomic E-state index is 6.12. The molecule has 0 bridgehead atoms. The van der Waals surface area contributed by atoms with Gasteiger partial charge in [0.1, 0.15) is 0 Å². The van der Waals surface area contributed by atoms with Gasteiger partial charge in [0.2, 0.25) is 0 Å². The van der Waals surface area contributed by atoms with E-state index in [1.807, 2.05) is 0 Å². The molecule has 0 amide bonds. The third-order valence-corrected chi connectivity index (χ3v) is 52.0. The predicted molar refractivity (Wildman–Crippen MR) is 102 cm³/mol. The van der Waals surface area contributed by atoms with E-state index in [0.29, 0.717) is 0 Å². The molecule has 0 aliphatic rings. The Morgan fingerprint density at radius 1 is 0.545 bits per heavy atom. The van der Waals surface area contributed by atoms with Gasteiger partial charge < -0.3 is 0 Å². The van der Waals surface area contributed by atoms with Crippen molar-refractivity contribution in [2.45, 2.75) is 79.8 Å². The Morgan fingerprint density at radius 2 is 0.727 bits per heavy atom. The molecule has 0 rings (SSSR count). The van der Waals surface area contributed by atoms with E-state index >= 15 is 0 Å². The maximum absolute atomic E-state index is 6.12. The molecule has 0 fully saturated rings. The summed E-state index contributed by atoms with van der Waals surface area (Å²) < 4.78 is 20.6. The van der Waals surface area contributed by atoms with E-state index in [-0.39, 0.29) is 49.8 Å². The van der Waals surface area contributed by atoms with Crippen molar-refractivity contribution >= 4 is 64.9 Å². The molecule has 0 aromatic rings. The molecular formula is C12H28O4P2Se4. The van der Waals surface area contributed by atoms with Gasteiger partial charge >= 0.3 is 163 Å². The van der Waals surface area contributed by atoms with E-state index < -0.39 is 9.30 Å². The molecule has 0 aromatic carbocycles. The van der Waals surface area contributed by atoms with Gasteiger partial charge in [0.15, 0.2) is 0 Å². The number of hydrogen-bond acceptors (Lipinski definition) is 4. The van der Waals surface area contributed by atoms with Gasteiger partial charge in [-0.3, -0.25) is 0 Å². The van der Waals surface area contributed by atoms with Crippen LogP contribution in [-0.4, -0.2) is 80.0 Å². The summed E-state index contributed by atoms with van der Waals surface area (Å²) in [4.78, 5) is 0. The number of rotatable bonds is 11. The first-order valence-corrected chi connectivity index (χ1v) is 23.6. The van der Waals surface area contributed by atoms with Crippen LogP contribution in [0.4, 0.5) is 0 Å². The molecule has 0 saturated heterocycles. The zero-order chi connectivity index (χ0) is 17.6. The van der Waals surface area contributed by atoms with Gasteiger partial charge in [-0.15, -0.1) is 0 Å². The van der Waals surface area contributed by atoms with Gasteiger partial charge in [0.05, 0.1) is 0 Å². The molecule has 0 unspecified atom stereocenters. The van der Waals surface area contributed by atoms with Crippen molar-refractivity contribution in [2.75, 3.05) is 0 Å². The monoisotopic (exact) mass is 618 g/mol. The molecule has 0 spiro atoms. The third kappa shape index (κ3) is 12.2. The quantitative estimate of drug-likeness (QED) is 0.263. The zero-order valence-corrected chi connectivity index (χ0v) is 23.1. The number of hydrogen-bond donors (Lipinski definition) is 0. The standard InChI is InChI=1S/C12H28O4P2Se4/c1-9(2)13-17(19,14-10(3)4)21-22-18(20,15-11(5)6)16-12(7)8/h9-12H,1-8H3. The van der Waals surface area contributed by atoms with E-state index in [1.165, 1.54) is 0 Å². The zero-order valence-electron chi connectivity index (χ0n) is 14.5. The van der Waals surface area contributed by atoms with Gasteiger partial charge in [0, 0.05) is 0 Å². The second-order valence-electron chi connectivity index (χ2n) is 5.66. The Labute approximate surface area is 161 Å². The van der Waals surface area contributed by atoms with Crippen molar-refractivity contribution in [3.8, 4) is 0 Å². The summed E-state index contributed by atoms with van der Waals surface area (Å²) in [6, 6.07) is 0. The van der Waals surface area contributed by atoms with Gasteiger partial charge in [0.25, 0.3) is 0 Å². The molecule has 0 saturated carbocycles. The molecule has 0 N–H and O–H groups in total. The Hall–Kier alpha value is 2.78. The molecule has 0 atom stereocenters. The van der Waals surface area contributed by atoms with E-state index in [1.54, 1.807) is 0 Å². The first-order chi connectivity index (χ1) is 9.87. The molecule has 0 heterocycles. The Kier molecular flexibility index (Phi) is 12.9. The molecule has 0 radical (unpaired) electrons. The molecule has 4 nitrogen and oxygen atoms in total. The van der Waals surface area contributed by atoms with Crippen LogP contribution in [0.5, 0.6) is 0 Å². The van der Waals surface area contributed by atoms with Gasteiger partial charge in [-0.05, 0) is 0 Å². The summed E-state index contributed by atoms with van der Waals surface area (Å²) in [6.07, 6.45) is 0.599. The molecular weight excluding hydrogens is 586 g/mol. The van der Waals surface area contributed by atoms with Crippen LogP contribution in [0.1, 0.15) is 55.4 Å². The summed E-state index contributed by atoms with van der Waals surface area (Å²) in [5.41, 5.74) is 0. The van der Waals surface area contributed by atoms with Crippen molar-refractivity contribution in [2.24, 2.45) is 0 Å². The normalized spacial score (nSPS) is 13.8. The van der Waals surface area contributed by atoms with Crippen molar-refractivity contribution in [3.05, 3.63) is 0 Å². The average Bonchev–Trinajstić information content (AvgIpc) is 2.21. The van der Waals surface area contributed by atoms with Crippen LogP contribution in [0.25, 0.3) is 0 Å². The van der Waals surface area contributed by atoms with Gasteiger partial charge in [-0.2, -0.15) is 0 Å². The van der Waals surface area contributed by atoms with Crippen LogP contribution in [0.3, 0.4) is 0 Å². The van der Waals surface area contributed by atoms with Crippen LogP contribution in [0, 0.1) is 0 Å². The van der Waals surface area contributed by atoms with Crippen molar-refractivity contribution in [3.63, 3.8) is 0 Å². The summed E-state index contributed by atoms with van der Waals surface area (Å²) in [5.74, 6) is 0. The molecule has 0 aliphatic carbocycles. The molecule has 0 aromatic heterocycles. The van der Waals surface area contributed by atoms with Crippen LogP contribution in [0.15, 0.2) is 0 Å². The summed E-state index contributed by atoms with van der Waals surface area (Å²) in [7, 11) is 0. The fourth-order valence-corrected chi connectivity index (χ4v) is 65.2. The Bertz CT molecular complexity index is 350. The second-order valence-corrected chi connectivity index (χ2v) is 39.4. The predicted octanol–water partition coefficient (Wildman–Crippen LogP) is 3.70. The average molecular weight is 614 g/mol. The summed E-state index contributed by atoms with van der Waals surface area (Å²) in [6.45, 7) is 16.4.